The normalized spacial score (nSPS) is 14.0. The molecule has 7 heteroatoms. The van der Waals surface area contributed by atoms with E-state index in [-0.39, 0.29) is 11.7 Å². The lowest BCUT2D eigenvalue weighted by Gasteiger charge is -2.36. The number of carbonyl (C=O) groups excluding carboxylic acids is 2. The van der Waals surface area contributed by atoms with Gasteiger partial charge in [0.05, 0.1) is 17.0 Å². The van der Waals surface area contributed by atoms with Gasteiger partial charge in [-0.15, -0.1) is 11.8 Å². The molecule has 0 unspecified atom stereocenters. The quantitative estimate of drug-likeness (QED) is 0.421. The summed E-state index contributed by atoms with van der Waals surface area (Å²) in [7, 11) is 0. The number of aromatic nitrogens is 1. The number of Topliss-reactive ketones (excluding diaryl/α,β-unsaturated/α-hetero) is 1. The highest BCUT2D eigenvalue weighted by atomic mass is 32.2. The van der Waals surface area contributed by atoms with E-state index in [1.54, 1.807) is 18.7 Å². The van der Waals surface area contributed by atoms with Crippen LogP contribution in [0, 0.1) is 6.92 Å². The predicted octanol–water partition coefficient (Wildman–Crippen LogP) is 4.44. The number of ketones is 1. The number of hydrogen-bond acceptors (Lipinski definition) is 6. The van der Waals surface area contributed by atoms with E-state index in [2.05, 4.69) is 10.1 Å². The molecule has 6 nitrogen and oxygen atoms in total. The molecule has 1 aliphatic rings. The Labute approximate surface area is 186 Å². The third-order valence-electron chi connectivity index (χ3n) is 5.37. The van der Waals surface area contributed by atoms with Gasteiger partial charge in [-0.3, -0.25) is 9.59 Å². The van der Waals surface area contributed by atoms with E-state index in [1.165, 1.54) is 0 Å². The van der Waals surface area contributed by atoms with Crippen molar-refractivity contribution in [1.29, 1.82) is 0 Å². The van der Waals surface area contributed by atoms with Crippen molar-refractivity contribution in [2.45, 2.75) is 24.5 Å². The fourth-order valence-electron chi connectivity index (χ4n) is 3.65. The van der Waals surface area contributed by atoms with Crippen LogP contribution >= 0.6 is 11.8 Å². The van der Waals surface area contributed by atoms with Crippen LogP contribution in [0.2, 0.25) is 0 Å². The van der Waals surface area contributed by atoms with Crippen molar-refractivity contribution >= 4 is 29.1 Å². The summed E-state index contributed by atoms with van der Waals surface area (Å²) in [5.74, 6) is 1.56. The number of aryl methyl sites for hydroxylation is 1. The van der Waals surface area contributed by atoms with Gasteiger partial charge in [0.25, 0.3) is 5.91 Å². The second kappa shape index (κ2) is 9.39. The van der Waals surface area contributed by atoms with E-state index in [9.17, 15) is 9.59 Å². The first-order chi connectivity index (χ1) is 15.0. The van der Waals surface area contributed by atoms with E-state index >= 15 is 0 Å². The van der Waals surface area contributed by atoms with Crippen molar-refractivity contribution in [3.8, 4) is 0 Å². The summed E-state index contributed by atoms with van der Waals surface area (Å²) in [6, 6.07) is 17.3. The van der Waals surface area contributed by atoms with Crippen molar-refractivity contribution in [3.05, 3.63) is 77.2 Å². The zero-order valence-corrected chi connectivity index (χ0v) is 18.5. The molecule has 0 aliphatic carbocycles. The highest BCUT2D eigenvalue weighted by Crippen LogP contribution is 2.28. The summed E-state index contributed by atoms with van der Waals surface area (Å²) >= 11 is 1.59. The Balaban J connectivity index is 1.39. The van der Waals surface area contributed by atoms with Gasteiger partial charge in [-0.2, -0.15) is 0 Å². The molecule has 1 aliphatic heterocycles. The Bertz CT molecular complexity index is 1070. The van der Waals surface area contributed by atoms with Crippen LogP contribution in [0.4, 0.5) is 5.69 Å². The van der Waals surface area contributed by atoms with Gasteiger partial charge in [0.2, 0.25) is 0 Å². The number of thioether (sulfide) groups is 1. The van der Waals surface area contributed by atoms with Crippen LogP contribution in [0.25, 0.3) is 0 Å². The minimum atomic E-state index is 0.0587. The molecule has 3 aromatic rings. The summed E-state index contributed by atoms with van der Waals surface area (Å²) in [5.41, 5.74) is 3.37. The fourth-order valence-corrected chi connectivity index (χ4v) is 4.57. The van der Waals surface area contributed by atoms with Crippen LogP contribution in [-0.4, -0.2) is 47.9 Å². The minimum absolute atomic E-state index is 0.0587. The lowest BCUT2D eigenvalue weighted by Crippen LogP contribution is -2.48. The lowest BCUT2D eigenvalue weighted by molar-refractivity contribution is 0.0743. The molecule has 0 radical (unpaired) electrons. The number of rotatable bonds is 6. The van der Waals surface area contributed by atoms with Gasteiger partial charge in [-0.05, 0) is 50.2 Å². The van der Waals surface area contributed by atoms with Crippen LogP contribution in [-0.2, 0) is 5.75 Å². The molecule has 4 rings (SSSR count). The molecule has 2 aromatic carbocycles. The molecule has 0 spiro atoms. The van der Waals surface area contributed by atoms with Crippen LogP contribution < -0.4 is 4.90 Å². The SMILES string of the molecule is CC(=O)c1ccc(N2CCN(C(=O)c3ccccc3SCc3cc(C)no3)CC2)cc1. The van der Waals surface area contributed by atoms with Gasteiger partial charge in [0, 0.05) is 48.4 Å². The molecule has 1 saturated heterocycles. The second-order valence-electron chi connectivity index (χ2n) is 7.60. The predicted molar refractivity (Wildman–Crippen MR) is 122 cm³/mol. The number of piperazine rings is 1. The Hall–Kier alpha value is -3.06. The van der Waals surface area contributed by atoms with Crippen molar-refractivity contribution < 1.29 is 14.1 Å². The van der Waals surface area contributed by atoms with Gasteiger partial charge < -0.3 is 14.3 Å². The molecule has 0 atom stereocenters. The molecule has 1 amide bonds. The number of hydrogen-bond donors (Lipinski definition) is 0. The maximum atomic E-state index is 13.2. The van der Waals surface area contributed by atoms with E-state index in [4.69, 9.17) is 4.52 Å². The van der Waals surface area contributed by atoms with E-state index < -0.39 is 0 Å². The summed E-state index contributed by atoms with van der Waals surface area (Å²) in [5, 5.41) is 3.92. The summed E-state index contributed by atoms with van der Waals surface area (Å²) < 4.78 is 5.29. The standard InChI is InChI=1S/C24H25N3O3S/c1-17-15-21(30-25-17)16-31-23-6-4-3-5-22(23)24(29)27-13-11-26(12-14-27)20-9-7-19(8-10-20)18(2)28/h3-10,15H,11-14,16H2,1-2H3. The highest BCUT2D eigenvalue weighted by molar-refractivity contribution is 7.98. The van der Waals surface area contributed by atoms with Crippen LogP contribution in [0.15, 0.2) is 64.0 Å². The number of carbonyl (C=O) groups is 2. The average Bonchev–Trinajstić information content (AvgIpc) is 3.22. The fraction of sp³-hybridized carbons (Fsp3) is 0.292. The molecule has 2 heterocycles. The third-order valence-corrected chi connectivity index (χ3v) is 6.47. The second-order valence-corrected chi connectivity index (χ2v) is 8.62. The number of benzene rings is 2. The zero-order chi connectivity index (χ0) is 21.8. The minimum Gasteiger partial charge on any atom is -0.368 e. The average molecular weight is 436 g/mol. The molecule has 1 aromatic heterocycles. The largest absolute Gasteiger partial charge is 0.368 e. The summed E-state index contributed by atoms with van der Waals surface area (Å²) in [6.07, 6.45) is 0. The zero-order valence-electron chi connectivity index (χ0n) is 17.7. The Morgan fingerprint density at radius 3 is 2.39 bits per heavy atom. The van der Waals surface area contributed by atoms with Gasteiger partial charge in [0.1, 0.15) is 5.76 Å². The monoisotopic (exact) mass is 435 g/mol. The lowest BCUT2D eigenvalue weighted by atomic mass is 10.1. The number of anilines is 1. The van der Waals surface area contributed by atoms with Crippen LogP contribution in [0.3, 0.4) is 0 Å². The molecule has 31 heavy (non-hydrogen) atoms. The maximum Gasteiger partial charge on any atom is 0.255 e. The van der Waals surface area contributed by atoms with Crippen molar-refractivity contribution in [1.82, 2.24) is 10.1 Å². The summed E-state index contributed by atoms with van der Waals surface area (Å²) in [4.78, 5) is 29.8. The van der Waals surface area contributed by atoms with Gasteiger partial charge in [-0.25, -0.2) is 0 Å². The van der Waals surface area contributed by atoms with E-state index in [0.717, 1.165) is 40.7 Å². The molecular weight excluding hydrogens is 410 g/mol. The molecule has 0 bridgehead atoms. The summed E-state index contributed by atoms with van der Waals surface area (Å²) in [6.45, 7) is 6.31. The molecule has 0 saturated carbocycles. The number of nitrogens with zero attached hydrogens (tertiary/aromatic N) is 3. The molecule has 1 fully saturated rings. The van der Waals surface area contributed by atoms with Crippen molar-refractivity contribution in [2.75, 3.05) is 31.1 Å². The van der Waals surface area contributed by atoms with Gasteiger partial charge in [0.15, 0.2) is 5.78 Å². The van der Waals surface area contributed by atoms with Crippen molar-refractivity contribution in [2.24, 2.45) is 0 Å². The molecular formula is C24H25N3O3S. The molecule has 160 valence electrons. The van der Waals surface area contributed by atoms with Crippen LogP contribution in [0.5, 0.6) is 0 Å². The maximum absolute atomic E-state index is 13.2. The Kier molecular flexibility index (Phi) is 6.42. The van der Waals surface area contributed by atoms with Gasteiger partial charge in [-0.1, -0.05) is 17.3 Å². The third kappa shape index (κ3) is 4.99. The van der Waals surface area contributed by atoms with Gasteiger partial charge >= 0.3 is 0 Å². The molecule has 0 N–H and O–H groups in total. The van der Waals surface area contributed by atoms with Crippen molar-refractivity contribution in [3.63, 3.8) is 0 Å². The topological polar surface area (TPSA) is 66.7 Å². The smallest absolute Gasteiger partial charge is 0.255 e. The first kappa shape index (κ1) is 21.2. The highest BCUT2D eigenvalue weighted by Gasteiger charge is 2.24. The Morgan fingerprint density at radius 2 is 1.74 bits per heavy atom. The van der Waals surface area contributed by atoms with E-state index in [0.29, 0.717) is 24.4 Å². The van der Waals surface area contributed by atoms with E-state index in [1.807, 2.05) is 66.4 Å². The first-order valence-electron chi connectivity index (χ1n) is 10.3. The Morgan fingerprint density at radius 1 is 1.03 bits per heavy atom. The van der Waals surface area contributed by atoms with Crippen LogP contribution in [0.1, 0.15) is 39.1 Å². The number of amides is 1. The first-order valence-corrected chi connectivity index (χ1v) is 11.3.